The molecule has 6 nitrogen and oxygen atoms in total. The molecule has 2 N–H and O–H groups in total. The van der Waals surface area contributed by atoms with Gasteiger partial charge in [-0.25, -0.2) is 4.79 Å². The lowest BCUT2D eigenvalue weighted by Gasteiger charge is -2.38. The summed E-state index contributed by atoms with van der Waals surface area (Å²) in [6.45, 7) is 8.11. The van der Waals surface area contributed by atoms with Crippen LogP contribution in [0.5, 0.6) is 0 Å². The number of carbonyl (C=O) groups excluding carboxylic acids is 1. The molecule has 6 heteroatoms. The van der Waals surface area contributed by atoms with E-state index in [1.807, 2.05) is 20.8 Å². The molecule has 2 aliphatic rings. The molecular weight excluding hydrogens is 394 g/mol. The quantitative estimate of drug-likeness (QED) is 0.669. The van der Waals surface area contributed by atoms with E-state index in [-0.39, 0.29) is 40.9 Å². The predicted octanol–water partition coefficient (Wildman–Crippen LogP) is 4.84. The third-order valence-electron chi connectivity index (χ3n) is 6.36. The minimum Gasteiger partial charge on any atom is -0.475 e. The van der Waals surface area contributed by atoms with Gasteiger partial charge in [0.05, 0.1) is 11.8 Å². The molecule has 0 aliphatic heterocycles. The molecule has 2 fully saturated rings. The number of hydrogen-bond donors (Lipinski definition) is 2. The highest BCUT2D eigenvalue weighted by Gasteiger charge is 2.37. The Balaban J connectivity index is 1.99. The Morgan fingerprint density at radius 3 is 2.23 bits per heavy atom. The molecule has 1 heterocycles. The molecule has 1 amide bonds. The molecule has 0 bridgehead atoms. The van der Waals surface area contributed by atoms with Crippen LogP contribution in [-0.4, -0.2) is 34.2 Å². The first-order valence-corrected chi connectivity index (χ1v) is 11.5. The van der Waals surface area contributed by atoms with Gasteiger partial charge < -0.3 is 19.5 Å². The smallest absolute Gasteiger partial charge is 0.374 e. The van der Waals surface area contributed by atoms with E-state index < -0.39 is 5.97 Å². The molecule has 1 aromatic heterocycles. The Kier molecular flexibility index (Phi) is 7.16. The van der Waals surface area contributed by atoms with Crippen molar-refractivity contribution in [3.63, 3.8) is 0 Å². The number of hydrogen-bond acceptors (Lipinski definition) is 4. The SMILES string of the molecule is CC1CCC(C(=O)N(c2cc(C#CC(C)(C)C)oc2C(=O)O)C2CCC(O)CC2)CC1. The number of furan rings is 1. The second-order valence-corrected chi connectivity index (χ2v) is 10.3. The van der Waals surface area contributed by atoms with Crippen LogP contribution in [-0.2, 0) is 4.79 Å². The highest BCUT2D eigenvalue weighted by Crippen LogP contribution is 2.37. The average molecular weight is 430 g/mol. The highest BCUT2D eigenvalue weighted by atomic mass is 16.4. The first-order valence-electron chi connectivity index (χ1n) is 11.5. The molecule has 0 aromatic carbocycles. The molecule has 170 valence electrons. The van der Waals surface area contributed by atoms with Gasteiger partial charge in [-0.1, -0.05) is 12.8 Å². The fourth-order valence-corrected chi connectivity index (χ4v) is 4.54. The third-order valence-corrected chi connectivity index (χ3v) is 6.36. The van der Waals surface area contributed by atoms with E-state index in [9.17, 15) is 19.8 Å². The summed E-state index contributed by atoms with van der Waals surface area (Å²) in [6, 6.07) is 1.46. The van der Waals surface area contributed by atoms with E-state index in [0.29, 0.717) is 37.3 Å². The summed E-state index contributed by atoms with van der Waals surface area (Å²) < 4.78 is 5.60. The largest absolute Gasteiger partial charge is 0.475 e. The van der Waals surface area contributed by atoms with Gasteiger partial charge in [0.15, 0.2) is 5.76 Å². The summed E-state index contributed by atoms with van der Waals surface area (Å²) in [6.07, 6.45) is 5.79. The maximum Gasteiger partial charge on any atom is 0.374 e. The maximum absolute atomic E-state index is 13.7. The Morgan fingerprint density at radius 2 is 1.68 bits per heavy atom. The van der Waals surface area contributed by atoms with E-state index in [1.54, 1.807) is 11.0 Å². The summed E-state index contributed by atoms with van der Waals surface area (Å²) in [4.78, 5) is 27.3. The highest BCUT2D eigenvalue weighted by molar-refractivity contribution is 6.02. The standard InChI is InChI=1S/C25H35NO5/c1-16-5-7-17(8-6-16)23(28)26(18-9-11-19(27)12-10-18)21-15-20(13-14-25(2,3)4)31-22(21)24(29)30/h15-19,27H,5-12H2,1-4H3,(H,29,30). The number of rotatable bonds is 4. The van der Waals surface area contributed by atoms with Crippen molar-refractivity contribution in [1.82, 2.24) is 0 Å². The first-order chi connectivity index (χ1) is 14.5. The van der Waals surface area contributed by atoms with Gasteiger partial charge in [0, 0.05) is 23.4 Å². The zero-order valence-corrected chi connectivity index (χ0v) is 19.1. The number of aromatic carboxylic acids is 1. The van der Waals surface area contributed by atoms with Crippen molar-refractivity contribution in [2.75, 3.05) is 4.90 Å². The molecule has 1 aromatic rings. The lowest BCUT2D eigenvalue weighted by atomic mass is 9.81. The number of carboxylic acids is 1. The van der Waals surface area contributed by atoms with Crippen molar-refractivity contribution >= 4 is 17.6 Å². The average Bonchev–Trinajstić information content (AvgIpc) is 3.12. The molecule has 0 saturated heterocycles. The van der Waals surface area contributed by atoms with Gasteiger partial charge in [0.1, 0.15) is 0 Å². The number of anilines is 1. The number of amides is 1. The molecule has 0 atom stereocenters. The maximum atomic E-state index is 13.7. The Bertz CT molecular complexity index is 853. The molecule has 0 unspecified atom stereocenters. The van der Waals surface area contributed by atoms with E-state index in [0.717, 1.165) is 25.7 Å². The molecule has 31 heavy (non-hydrogen) atoms. The van der Waals surface area contributed by atoms with Crippen molar-refractivity contribution < 1.29 is 24.2 Å². The summed E-state index contributed by atoms with van der Waals surface area (Å²) in [5.41, 5.74) is 0.0418. The van der Waals surface area contributed by atoms with Gasteiger partial charge >= 0.3 is 5.97 Å². The van der Waals surface area contributed by atoms with Gasteiger partial charge in [-0.3, -0.25) is 4.79 Å². The second-order valence-electron chi connectivity index (χ2n) is 10.3. The van der Waals surface area contributed by atoms with E-state index in [4.69, 9.17) is 4.42 Å². The van der Waals surface area contributed by atoms with Crippen molar-refractivity contribution in [2.45, 2.75) is 91.2 Å². The molecule has 0 radical (unpaired) electrons. The summed E-state index contributed by atoms with van der Waals surface area (Å²) in [7, 11) is 0. The van der Waals surface area contributed by atoms with E-state index in [1.165, 1.54) is 0 Å². The number of aliphatic hydroxyl groups excluding tert-OH is 1. The fraction of sp³-hybridized carbons (Fsp3) is 0.680. The van der Waals surface area contributed by atoms with Crippen LogP contribution >= 0.6 is 0 Å². The fourth-order valence-electron chi connectivity index (χ4n) is 4.54. The lowest BCUT2D eigenvalue weighted by molar-refractivity contribution is -0.124. The molecule has 2 aliphatic carbocycles. The monoisotopic (exact) mass is 429 g/mol. The number of carbonyl (C=O) groups is 2. The van der Waals surface area contributed by atoms with Gasteiger partial charge in [0.25, 0.3) is 0 Å². The van der Waals surface area contributed by atoms with Crippen LogP contribution in [0.2, 0.25) is 0 Å². The van der Waals surface area contributed by atoms with Crippen LogP contribution in [0.4, 0.5) is 5.69 Å². The van der Waals surface area contributed by atoms with Crippen LogP contribution in [0.25, 0.3) is 0 Å². The number of aliphatic hydroxyl groups is 1. The van der Waals surface area contributed by atoms with Crippen molar-refractivity contribution in [3.05, 3.63) is 17.6 Å². The summed E-state index contributed by atoms with van der Waals surface area (Å²) >= 11 is 0. The lowest BCUT2D eigenvalue weighted by Crippen LogP contribution is -2.47. The van der Waals surface area contributed by atoms with E-state index >= 15 is 0 Å². The first kappa shape index (κ1) is 23.4. The second kappa shape index (κ2) is 9.48. The van der Waals surface area contributed by atoms with Crippen molar-refractivity contribution in [1.29, 1.82) is 0 Å². The number of carboxylic acid groups (broad SMARTS) is 1. The zero-order valence-electron chi connectivity index (χ0n) is 19.1. The van der Waals surface area contributed by atoms with Crippen LogP contribution in [0.1, 0.15) is 95.4 Å². The minimum atomic E-state index is -1.20. The topological polar surface area (TPSA) is 91.0 Å². The summed E-state index contributed by atoms with van der Waals surface area (Å²) in [5.74, 6) is 5.30. The van der Waals surface area contributed by atoms with Gasteiger partial charge in [-0.2, -0.15) is 0 Å². The van der Waals surface area contributed by atoms with E-state index in [2.05, 4.69) is 18.8 Å². The summed E-state index contributed by atoms with van der Waals surface area (Å²) in [5, 5.41) is 19.8. The van der Waals surface area contributed by atoms with Crippen LogP contribution in [0.15, 0.2) is 10.5 Å². The third kappa shape index (κ3) is 5.92. The van der Waals surface area contributed by atoms with Gasteiger partial charge in [-0.15, -0.1) is 0 Å². The molecule has 2 saturated carbocycles. The normalized spacial score (nSPS) is 26.6. The van der Waals surface area contributed by atoms with Crippen LogP contribution < -0.4 is 4.90 Å². The predicted molar refractivity (Wildman–Crippen MR) is 119 cm³/mol. The zero-order chi connectivity index (χ0) is 22.8. The van der Waals surface area contributed by atoms with Crippen molar-refractivity contribution in [3.8, 4) is 11.8 Å². The van der Waals surface area contributed by atoms with Gasteiger partial charge in [0.2, 0.25) is 11.7 Å². The molecular formula is C25H35NO5. The Hall–Kier alpha value is -2.26. The van der Waals surface area contributed by atoms with Crippen LogP contribution in [0, 0.1) is 29.1 Å². The van der Waals surface area contributed by atoms with Crippen LogP contribution in [0.3, 0.4) is 0 Å². The number of nitrogens with zero attached hydrogens (tertiary/aromatic N) is 1. The molecule has 0 spiro atoms. The molecule has 3 rings (SSSR count). The minimum absolute atomic E-state index is 0.0214. The van der Waals surface area contributed by atoms with Gasteiger partial charge in [-0.05, 0) is 84.0 Å². The van der Waals surface area contributed by atoms with Crippen molar-refractivity contribution in [2.24, 2.45) is 17.3 Å². The Labute approximate surface area is 185 Å². The Morgan fingerprint density at radius 1 is 1.06 bits per heavy atom.